The van der Waals surface area contributed by atoms with Gasteiger partial charge in [0, 0.05) is 19.6 Å². The minimum absolute atomic E-state index is 0.299. The van der Waals surface area contributed by atoms with Crippen LogP contribution in [0.3, 0.4) is 0 Å². The van der Waals surface area contributed by atoms with Crippen LogP contribution in [0.5, 0.6) is 0 Å². The molecule has 0 bridgehead atoms. The number of guanidine groups is 1. The van der Waals surface area contributed by atoms with Gasteiger partial charge in [0.2, 0.25) is 0 Å². The molecule has 0 aliphatic rings. The molecule has 0 spiro atoms. The standard InChI is InChI=1S/C19H32F2N4/c1-5-25(6-2)14-8-9-15(3)24-19(22-4)23-13-12-16-10-7-11-17(20)18(16)21/h7,10-11,15H,5-6,8-9,12-14H2,1-4H3,(H2,22,23,24). The molecule has 0 heterocycles. The van der Waals surface area contributed by atoms with Crippen LogP contribution in [0.4, 0.5) is 8.78 Å². The van der Waals surface area contributed by atoms with E-state index in [1.807, 2.05) is 0 Å². The number of nitrogens with one attached hydrogen (secondary N) is 2. The van der Waals surface area contributed by atoms with E-state index in [-0.39, 0.29) is 0 Å². The normalized spacial score (nSPS) is 13.2. The zero-order valence-corrected chi connectivity index (χ0v) is 15.9. The maximum atomic E-state index is 13.6. The Hall–Kier alpha value is -1.69. The third-order valence-electron chi connectivity index (χ3n) is 4.33. The third kappa shape index (κ3) is 7.82. The number of rotatable bonds is 10. The Morgan fingerprint density at radius 2 is 1.96 bits per heavy atom. The van der Waals surface area contributed by atoms with Crippen molar-refractivity contribution in [3.63, 3.8) is 0 Å². The lowest BCUT2D eigenvalue weighted by atomic mass is 10.1. The number of nitrogens with zero attached hydrogens (tertiary/aromatic N) is 2. The van der Waals surface area contributed by atoms with Gasteiger partial charge in [-0.05, 0) is 57.5 Å². The summed E-state index contributed by atoms with van der Waals surface area (Å²) >= 11 is 0. The van der Waals surface area contributed by atoms with Crippen molar-refractivity contribution in [3.05, 3.63) is 35.4 Å². The maximum Gasteiger partial charge on any atom is 0.191 e. The lowest BCUT2D eigenvalue weighted by molar-refractivity contribution is 0.292. The Labute approximate surface area is 150 Å². The Morgan fingerprint density at radius 1 is 1.24 bits per heavy atom. The van der Waals surface area contributed by atoms with Gasteiger partial charge >= 0.3 is 0 Å². The second kappa shape index (κ2) is 11.8. The van der Waals surface area contributed by atoms with Gasteiger partial charge in [0.05, 0.1) is 0 Å². The van der Waals surface area contributed by atoms with Crippen LogP contribution in [0.15, 0.2) is 23.2 Å². The minimum Gasteiger partial charge on any atom is -0.356 e. The van der Waals surface area contributed by atoms with Gasteiger partial charge in [0.1, 0.15) is 0 Å². The van der Waals surface area contributed by atoms with E-state index in [1.54, 1.807) is 13.1 Å². The molecule has 0 saturated carbocycles. The number of hydrogen-bond donors (Lipinski definition) is 2. The van der Waals surface area contributed by atoms with Crippen molar-refractivity contribution >= 4 is 5.96 Å². The Balaban J connectivity index is 2.33. The molecule has 6 heteroatoms. The summed E-state index contributed by atoms with van der Waals surface area (Å²) in [6.45, 7) is 10.2. The zero-order valence-electron chi connectivity index (χ0n) is 15.9. The molecule has 4 nitrogen and oxygen atoms in total. The van der Waals surface area contributed by atoms with Crippen LogP contribution in [0.25, 0.3) is 0 Å². The van der Waals surface area contributed by atoms with E-state index in [4.69, 9.17) is 0 Å². The molecular formula is C19H32F2N4. The molecule has 0 aliphatic carbocycles. The van der Waals surface area contributed by atoms with Gasteiger partial charge in [0.15, 0.2) is 17.6 Å². The number of halogens is 2. The molecule has 2 N–H and O–H groups in total. The van der Waals surface area contributed by atoms with Crippen molar-refractivity contribution < 1.29 is 8.78 Å². The maximum absolute atomic E-state index is 13.6. The van der Waals surface area contributed by atoms with Crippen LogP contribution >= 0.6 is 0 Å². The molecule has 1 unspecified atom stereocenters. The highest BCUT2D eigenvalue weighted by atomic mass is 19.2. The summed E-state index contributed by atoms with van der Waals surface area (Å²) in [5.41, 5.74) is 0.371. The van der Waals surface area contributed by atoms with Crippen molar-refractivity contribution in [1.29, 1.82) is 0 Å². The quantitative estimate of drug-likeness (QED) is 0.501. The highest BCUT2D eigenvalue weighted by Crippen LogP contribution is 2.11. The Bertz CT molecular complexity index is 530. The van der Waals surface area contributed by atoms with Crippen LogP contribution < -0.4 is 10.6 Å². The Morgan fingerprint density at radius 3 is 2.60 bits per heavy atom. The van der Waals surface area contributed by atoms with Gasteiger partial charge in [-0.3, -0.25) is 4.99 Å². The molecule has 0 radical (unpaired) electrons. The average molecular weight is 354 g/mol. The number of benzene rings is 1. The molecule has 1 atom stereocenters. The molecule has 0 saturated heterocycles. The lowest BCUT2D eigenvalue weighted by Crippen LogP contribution is -2.43. The van der Waals surface area contributed by atoms with Crippen molar-refractivity contribution in [2.75, 3.05) is 33.2 Å². The lowest BCUT2D eigenvalue weighted by Gasteiger charge is -2.21. The smallest absolute Gasteiger partial charge is 0.191 e. The Kier molecular flexibility index (Phi) is 10.1. The van der Waals surface area contributed by atoms with Crippen LogP contribution in [-0.4, -0.2) is 50.1 Å². The van der Waals surface area contributed by atoms with Gasteiger partial charge in [0.25, 0.3) is 0 Å². The van der Waals surface area contributed by atoms with Gasteiger partial charge in [-0.25, -0.2) is 8.78 Å². The van der Waals surface area contributed by atoms with Crippen LogP contribution in [0.1, 0.15) is 39.2 Å². The minimum atomic E-state index is -0.804. The first-order valence-corrected chi connectivity index (χ1v) is 9.14. The summed E-state index contributed by atoms with van der Waals surface area (Å²) in [5, 5.41) is 6.50. The van der Waals surface area contributed by atoms with Gasteiger partial charge < -0.3 is 15.5 Å². The first kappa shape index (κ1) is 21.4. The second-order valence-electron chi connectivity index (χ2n) is 6.18. The first-order chi connectivity index (χ1) is 12.0. The molecular weight excluding hydrogens is 322 g/mol. The monoisotopic (exact) mass is 354 g/mol. The molecule has 0 amide bonds. The number of hydrogen-bond acceptors (Lipinski definition) is 2. The van der Waals surface area contributed by atoms with E-state index >= 15 is 0 Å². The predicted octanol–water partition coefficient (Wildman–Crippen LogP) is 3.18. The summed E-state index contributed by atoms with van der Waals surface area (Å²) in [6.07, 6.45) is 2.58. The van der Waals surface area contributed by atoms with Gasteiger partial charge in [-0.1, -0.05) is 26.0 Å². The topological polar surface area (TPSA) is 39.7 Å². The van der Waals surface area contributed by atoms with E-state index in [0.29, 0.717) is 30.5 Å². The highest BCUT2D eigenvalue weighted by molar-refractivity contribution is 5.79. The first-order valence-electron chi connectivity index (χ1n) is 9.14. The van der Waals surface area contributed by atoms with Gasteiger partial charge in [-0.2, -0.15) is 0 Å². The van der Waals surface area contributed by atoms with Crippen molar-refractivity contribution in [2.45, 2.75) is 46.1 Å². The highest BCUT2D eigenvalue weighted by Gasteiger charge is 2.09. The molecule has 0 fully saturated rings. The molecule has 1 aromatic carbocycles. The van der Waals surface area contributed by atoms with Crippen LogP contribution in [0.2, 0.25) is 0 Å². The summed E-state index contributed by atoms with van der Waals surface area (Å²) in [4.78, 5) is 6.60. The fourth-order valence-corrected chi connectivity index (χ4v) is 2.72. The fourth-order valence-electron chi connectivity index (χ4n) is 2.72. The SMILES string of the molecule is CCN(CC)CCCC(C)NC(=NC)NCCc1cccc(F)c1F. The summed E-state index contributed by atoms with van der Waals surface area (Å²) < 4.78 is 26.8. The van der Waals surface area contributed by atoms with E-state index < -0.39 is 11.6 Å². The van der Waals surface area contributed by atoms with Gasteiger partial charge in [-0.15, -0.1) is 0 Å². The van der Waals surface area contributed by atoms with Crippen molar-refractivity contribution in [2.24, 2.45) is 4.99 Å². The molecule has 1 rings (SSSR count). The summed E-state index contributed by atoms with van der Waals surface area (Å²) in [6, 6.07) is 4.56. The predicted molar refractivity (Wildman–Crippen MR) is 101 cm³/mol. The van der Waals surface area contributed by atoms with Crippen LogP contribution in [-0.2, 0) is 6.42 Å². The van der Waals surface area contributed by atoms with E-state index in [9.17, 15) is 8.78 Å². The average Bonchev–Trinajstić information content (AvgIpc) is 2.61. The molecule has 25 heavy (non-hydrogen) atoms. The van der Waals surface area contributed by atoms with E-state index in [1.165, 1.54) is 6.07 Å². The third-order valence-corrected chi connectivity index (χ3v) is 4.33. The zero-order chi connectivity index (χ0) is 18.7. The van der Waals surface area contributed by atoms with E-state index in [0.717, 1.165) is 38.5 Å². The molecule has 0 aromatic heterocycles. The van der Waals surface area contributed by atoms with E-state index in [2.05, 4.69) is 41.3 Å². The molecule has 142 valence electrons. The van der Waals surface area contributed by atoms with Crippen molar-refractivity contribution in [3.8, 4) is 0 Å². The number of aliphatic imine (C=N–C) groups is 1. The molecule has 0 aliphatic heterocycles. The summed E-state index contributed by atoms with van der Waals surface area (Å²) in [7, 11) is 1.71. The van der Waals surface area contributed by atoms with Crippen LogP contribution in [0, 0.1) is 11.6 Å². The fraction of sp³-hybridized carbons (Fsp3) is 0.632. The van der Waals surface area contributed by atoms with Crippen molar-refractivity contribution in [1.82, 2.24) is 15.5 Å². The second-order valence-corrected chi connectivity index (χ2v) is 6.18. The largest absolute Gasteiger partial charge is 0.356 e. The summed E-state index contributed by atoms with van der Waals surface area (Å²) in [5.74, 6) is -0.883. The molecule has 1 aromatic rings.